The number of benzene rings is 1. The Morgan fingerprint density at radius 1 is 1.47 bits per heavy atom. The number of carboxylic acid groups (broad SMARTS) is 1. The summed E-state index contributed by atoms with van der Waals surface area (Å²) in [7, 11) is 5.54. The minimum absolute atomic E-state index is 0.733. The first kappa shape index (κ1) is 13.3. The molecule has 17 heavy (non-hydrogen) atoms. The minimum atomic E-state index is -0.948. The molecular formula is C13H17NO3. The van der Waals surface area contributed by atoms with E-state index >= 15 is 0 Å². The molecule has 0 atom stereocenters. The number of methoxy groups -OCH3 is 1. The second-order valence-corrected chi connectivity index (χ2v) is 3.97. The van der Waals surface area contributed by atoms with E-state index in [0.717, 1.165) is 29.5 Å². The summed E-state index contributed by atoms with van der Waals surface area (Å²) in [6.45, 7) is 0.733. The molecule has 0 bridgehead atoms. The molecule has 1 N–H and O–H groups in total. The lowest BCUT2D eigenvalue weighted by molar-refractivity contribution is -0.131. The van der Waals surface area contributed by atoms with Crippen LogP contribution in [0.5, 0.6) is 5.75 Å². The fraction of sp³-hybridized carbons (Fsp3) is 0.308. The predicted molar refractivity (Wildman–Crippen MR) is 67.1 cm³/mol. The molecule has 4 nitrogen and oxygen atoms in total. The van der Waals surface area contributed by atoms with Crippen LogP contribution in [0, 0.1) is 0 Å². The number of nitrogens with zero attached hydrogens (tertiary/aromatic N) is 1. The quantitative estimate of drug-likeness (QED) is 0.791. The van der Waals surface area contributed by atoms with Crippen LogP contribution in [-0.4, -0.2) is 37.2 Å². The average molecular weight is 235 g/mol. The maximum Gasteiger partial charge on any atom is 0.328 e. The molecule has 0 spiro atoms. The third-order valence-corrected chi connectivity index (χ3v) is 2.24. The van der Waals surface area contributed by atoms with Crippen LogP contribution in [0.4, 0.5) is 0 Å². The lowest BCUT2D eigenvalue weighted by Crippen LogP contribution is -2.11. The van der Waals surface area contributed by atoms with E-state index in [1.807, 2.05) is 37.2 Å². The molecule has 0 saturated heterocycles. The smallest absolute Gasteiger partial charge is 0.328 e. The van der Waals surface area contributed by atoms with Gasteiger partial charge in [-0.05, 0) is 43.4 Å². The molecule has 0 aliphatic rings. The SMILES string of the molecule is COc1ccc(C=CC(=O)O)c(CN(C)C)c1. The van der Waals surface area contributed by atoms with Crippen molar-refractivity contribution in [2.45, 2.75) is 6.54 Å². The summed E-state index contributed by atoms with van der Waals surface area (Å²) in [4.78, 5) is 12.5. The Balaban J connectivity index is 3.05. The van der Waals surface area contributed by atoms with Gasteiger partial charge in [-0.2, -0.15) is 0 Å². The number of ether oxygens (including phenoxy) is 1. The van der Waals surface area contributed by atoms with E-state index in [4.69, 9.17) is 9.84 Å². The van der Waals surface area contributed by atoms with Crippen LogP contribution < -0.4 is 4.74 Å². The van der Waals surface area contributed by atoms with Crippen molar-refractivity contribution in [2.75, 3.05) is 21.2 Å². The number of carbonyl (C=O) groups is 1. The average Bonchev–Trinajstić information content (AvgIpc) is 2.26. The van der Waals surface area contributed by atoms with E-state index in [1.54, 1.807) is 13.2 Å². The third kappa shape index (κ3) is 4.28. The third-order valence-electron chi connectivity index (χ3n) is 2.24. The van der Waals surface area contributed by atoms with Crippen molar-refractivity contribution in [3.63, 3.8) is 0 Å². The Morgan fingerprint density at radius 3 is 2.71 bits per heavy atom. The standard InChI is InChI=1S/C13H17NO3/c1-14(2)9-11-8-12(17-3)6-4-10(11)5-7-13(15)16/h4-8H,9H2,1-3H3,(H,15,16). The van der Waals surface area contributed by atoms with Crippen LogP contribution in [0.25, 0.3) is 6.08 Å². The van der Waals surface area contributed by atoms with Crippen LogP contribution in [0.1, 0.15) is 11.1 Å². The molecule has 0 unspecified atom stereocenters. The predicted octanol–water partition coefficient (Wildman–Crippen LogP) is 1.85. The van der Waals surface area contributed by atoms with Gasteiger partial charge in [0.25, 0.3) is 0 Å². The molecule has 92 valence electrons. The van der Waals surface area contributed by atoms with Crippen LogP contribution >= 0.6 is 0 Å². The first-order valence-electron chi connectivity index (χ1n) is 5.25. The van der Waals surface area contributed by atoms with Crippen molar-refractivity contribution < 1.29 is 14.6 Å². The molecule has 0 amide bonds. The summed E-state index contributed by atoms with van der Waals surface area (Å²) in [5, 5.41) is 8.63. The van der Waals surface area contributed by atoms with Crippen LogP contribution in [0.15, 0.2) is 24.3 Å². The Labute approximate surface area is 101 Å². The summed E-state index contributed by atoms with van der Waals surface area (Å²) in [6, 6.07) is 5.60. The molecule has 0 aliphatic heterocycles. The number of carboxylic acids is 1. The van der Waals surface area contributed by atoms with Crippen molar-refractivity contribution in [3.05, 3.63) is 35.4 Å². The van der Waals surface area contributed by atoms with E-state index in [0.29, 0.717) is 0 Å². The second kappa shape index (κ2) is 6.06. The fourth-order valence-corrected chi connectivity index (χ4v) is 1.51. The zero-order chi connectivity index (χ0) is 12.8. The summed E-state index contributed by atoms with van der Waals surface area (Å²) >= 11 is 0. The van der Waals surface area contributed by atoms with E-state index in [2.05, 4.69) is 0 Å². The van der Waals surface area contributed by atoms with Gasteiger partial charge in [-0.25, -0.2) is 4.79 Å². The summed E-state index contributed by atoms with van der Waals surface area (Å²) in [5.74, 6) is -0.175. The molecule has 0 aliphatic carbocycles. The van der Waals surface area contributed by atoms with Crippen molar-refractivity contribution in [3.8, 4) is 5.75 Å². The number of aliphatic carboxylic acids is 1. The van der Waals surface area contributed by atoms with Crippen LogP contribution in [0.3, 0.4) is 0 Å². The number of hydrogen-bond donors (Lipinski definition) is 1. The van der Waals surface area contributed by atoms with E-state index in [9.17, 15) is 4.79 Å². The minimum Gasteiger partial charge on any atom is -0.497 e. The monoisotopic (exact) mass is 235 g/mol. The highest BCUT2D eigenvalue weighted by atomic mass is 16.5. The molecule has 0 radical (unpaired) electrons. The van der Waals surface area contributed by atoms with Crippen LogP contribution in [-0.2, 0) is 11.3 Å². The highest BCUT2D eigenvalue weighted by molar-refractivity contribution is 5.85. The zero-order valence-corrected chi connectivity index (χ0v) is 10.3. The van der Waals surface area contributed by atoms with E-state index < -0.39 is 5.97 Å². The van der Waals surface area contributed by atoms with Gasteiger partial charge < -0.3 is 14.7 Å². The van der Waals surface area contributed by atoms with Crippen molar-refractivity contribution >= 4 is 12.0 Å². The van der Waals surface area contributed by atoms with Crippen molar-refractivity contribution in [1.29, 1.82) is 0 Å². The summed E-state index contributed by atoms with van der Waals surface area (Å²) in [6.07, 6.45) is 2.74. The van der Waals surface area contributed by atoms with Gasteiger partial charge in [0.1, 0.15) is 5.75 Å². The van der Waals surface area contributed by atoms with Gasteiger partial charge in [0.05, 0.1) is 7.11 Å². The van der Waals surface area contributed by atoms with Crippen molar-refractivity contribution in [1.82, 2.24) is 4.90 Å². The largest absolute Gasteiger partial charge is 0.497 e. The highest BCUT2D eigenvalue weighted by Gasteiger charge is 2.04. The molecule has 4 heteroatoms. The summed E-state index contributed by atoms with van der Waals surface area (Å²) < 4.78 is 5.16. The molecule has 0 heterocycles. The topological polar surface area (TPSA) is 49.8 Å². The Hall–Kier alpha value is -1.81. The van der Waals surface area contributed by atoms with Gasteiger partial charge in [0.2, 0.25) is 0 Å². The summed E-state index contributed by atoms with van der Waals surface area (Å²) in [5.41, 5.74) is 1.92. The first-order chi connectivity index (χ1) is 8.02. The van der Waals surface area contributed by atoms with Gasteiger partial charge in [-0.1, -0.05) is 6.07 Å². The number of hydrogen-bond acceptors (Lipinski definition) is 3. The molecule has 1 aromatic rings. The molecular weight excluding hydrogens is 218 g/mol. The highest BCUT2D eigenvalue weighted by Crippen LogP contribution is 2.20. The molecule has 1 rings (SSSR count). The van der Waals surface area contributed by atoms with Gasteiger partial charge in [0, 0.05) is 12.6 Å². The second-order valence-electron chi connectivity index (χ2n) is 3.97. The van der Waals surface area contributed by atoms with Gasteiger partial charge >= 0.3 is 5.97 Å². The van der Waals surface area contributed by atoms with E-state index in [1.165, 1.54) is 0 Å². The van der Waals surface area contributed by atoms with Crippen LogP contribution in [0.2, 0.25) is 0 Å². The molecule has 0 saturated carbocycles. The lowest BCUT2D eigenvalue weighted by Gasteiger charge is -2.13. The normalized spacial score (nSPS) is 11.1. The van der Waals surface area contributed by atoms with E-state index in [-0.39, 0.29) is 0 Å². The lowest BCUT2D eigenvalue weighted by atomic mass is 10.1. The molecule has 0 aromatic heterocycles. The first-order valence-corrected chi connectivity index (χ1v) is 5.25. The fourth-order valence-electron chi connectivity index (χ4n) is 1.51. The molecule has 1 aromatic carbocycles. The number of rotatable bonds is 5. The Bertz CT molecular complexity index is 425. The van der Waals surface area contributed by atoms with Gasteiger partial charge in [-0.3, -0.25) is 0 Å². The van der Waals surface area contributed by atoms with Crippen molar-refractivity contribution in [2.24, 2.45) is 0 Å². The molecule has 0 fully saturated rings. The Morgan fingerprint density at radius 2 is 2.18 bits per heavy atom. The maximum atomic E-state index is 10.5. The van der Waals surface area contributed by atoms with Gasteiger partial charge in [-0.15, -0.1) is 0 Å². The Kier molecular flexibility index (Phi) is 4.72. The van der Waals surface area contributed by atoms with Gasteiger partial charge in [0.15, 0.2) is 0 Å². The zero-order valence-electron chi connectivity index (χ0n) is 10.3. The maximum absolute atomic E-state index is 10.5.